The van der Waals surface area contributed by atoms with Crippen molar-refractivity contribution in [2.24, 2.45) is 0 Å². The number of carbonyl (C=O) groups excluding carboxylic acids is 3. The molecule has 9 nitrogen and oxygen atoms in total. The SMILES string of the molecule is CCOC(=O)C1=C(CN(CC)CC(=O)Nc2cccc(OC)c2)NC(=O)NC1c1ccccc1. The molecule has 1 aliphatic heterocycles. The van der Waals surface area contributed by atoms with Gasteiger partial charge in [-0.15, -0.1) is 0 Å². The van der Waals surface area contributed by atoms with E-state index in [0.717, 1.165) is 5.56 Å². The number of esters is 1. The minimum atomic E-state index is -0.659. The van der Waals surface area contributed by atoms with Crippen molar-refractivity contribution >= 4 is 23.6 Å². The van der Waals surface area contributed by atoms with Gasteiger partial charge in [0.15, 0.2) is 0 Å². The van der Waals surface area contributed by atoms with Crippen LogP contribution in [0.2, 0.25) is 0 Å². The van der Waals surface area contributed by atoms with E-state index in [-0.39, 0.29) is 25.6 Å². The summed E-state index contributed by atoms with van der Waals surface area (Å²) >= 11 is 0. The van der Waals surface area contributed by atoms with Crippen molar-refractivity contribution in [2.45, 2.75) is 19.9 Å². The summed E-state index contributed by atoms with van der Waals surface area (Å²) in [6, 6.07) is 15.2. The molecule has 9 heteroatoms. The number of methoxy groups -OCH3 is 1. The first-order valence-corrected chi connectivity index (χ1v) is 11.1. The molecule has 0 bridgehead atoms. The topological polar surface area (TPSA) is 109 Å². The number of benzene rings is 2. The van der Waals surface area contributed by atoms with Gasteiger partial charge >= 0.3 is 12.0 Å². The standard InChI is InChI=1S/C25H30N4O5/c1-4-29(16-21(30)26-18-12-9-13-19(14-18)33-3)15-20-22(24(31)34-5-2)23(28-25(32)27-20)17-10-7-6-8-11-17/h6-14,23H,4-5,15-16H2,1-3H3,(H,26,30)(H2,27,28,32). The van der Waals surface area contributed by atoms with Crippen molar-refractivity contribution in [3.63, 3.8) is 0 Å². The molecule has 0 aliphatic carbocycles. The van der Waals surface area contributed by atoms with E-state index < -0.39 is 18.0 Å². The number of anilines is 1. The third-order valence-corrected chi connectivity index (χ3v) is 5.33. The molecule has 3 rings (SSSR count). The third-order valence-electron chi connectivity index (χ3n) is 5.33. The largest absolute Gasteiger partial charge is 0.497 e. The first-order valence-electron chi connectivity index (χ1n) is 11.1. The fourth-order valence-electron chi connectivity index (χ4n) is 3.70. The van der Waals surface area contributed by atoms with Crippen molar-refractivity contribution in [3.05, 3.63) is 71.4 Å². The quantitative estimate of drug-likeness (QED) is 0.465. The second-order valence-corrected chi connectivity index (χ2v) is 7.64. The Kier molecular flexibility index (Phi) is 8.64. The number of hydrogen-bond acceptors (Lipinski definition) is 6. The molecule has 3 N–H and O–H groups in total. The number of carbonyl (C=O) groups is 3. The normalized spacial score (nSPS) is 15.4. The molecule has 1 unspecified atom stereocenters. The molecule has 0 aromatic heterocycles. The fourth-order valence-corrected chi connectivity index (χ4v) is 3.70. The predicted molar refractivity (Wildman–Crippen MR) is 128 cm³/mol. The van der Waals surface area contributed by atoms with E-state index in [0.29, 0.717) is 29.3 Å². The minimum Gasteiger partial charge on any atom is -0.497 e. The number of rotatable bonds is 10. The van der Waals surface area contributed by atoms with Crippen LogP contribution in [-0.2, 0) is 14.3 Å². The van der Waals surface area contributed by atoms with Crippen molar-refractivity contribution in [2.75, 3.05) is 38.7 Å². The van der Waals surface area contributed by atoms with Crippen LogP contribution in [0.25, 0.3) is 0 Å². The molecule has 0 fully saturated rings. The Morgan fingerprint density at radius 3 is 2.53 bits per heavy atom. The number of amides is 3. The highest BCUT2D eigenvalue weighted by molar-refractivity contribution is 5.95. The fraction of sp³-hybridized carbons (Fsp3) is 0.320. The maximum atomic E-state index is 12.9. The molecule has 1 heterocycles. The van der Waals surface area contributed by atoms with E-state index in [4.69, 9.17) is 9.47 Å². The first-order chi connectivity index (χ1) is 16.4. The Morgan fingerprint density at radius 1 is 1.09 bits per heavy atom. The lowest BCUT2D eigenvalue weighted by atomic mass is 9.95. The summed E-state index contributed by atoms with van der Waals surface area (Å²) in [7, 11) is 1.56. The van der Waals surface area contributed by atoms with Crippen molar-refractivity contribution in [1.29, 1.82) is 0 Å². The highest BCUT2D eigenvalue weighted by atomic mass is 16.5. The van der Waals surface area contributed by atoms with E-state index in [9.17, 15) is 14.4 Å². The lowest BCUT2D eigenvalue weighted by Crippen LogP contribution is -2.49. The number of nitrogens with zero attached hydrogens (tertiary/aromatic N) is 1. The number of ether oxygens (including phenoxy) is 2. The summed E-state index contributed by atoms with van der Waals surface area (Å²) in [6.07, 6.45) is 0. The van der Waals surface area contributed by atoms with Crippen LogP contribution in [0.4, 0.5) is 10.5 Å². The molecule has 1 atom stereocenters. The smallest absolute Gasteiger partial charge is 0.338 e. The van der Waals surface area contributed by atoms with Crippen LogP contribution >= 0.6 is 0 Å². The molecule has 3 amide bonds. The summed E-state index contributed by atoms with van der Waals surface area (Å²) in [5, 5.41) is 8.40. The van der Waals surface area contributed by atoms with Gasteiger partial charge in [-0.25, -0.2) is 9.59 Å². The summed E-state index contributed by atoms with van der Waals surface area (Å²) in [5.41, 5.74) is 2.11. The Balaban J connectivity index is 1.83. The molecule has 0 radical (unpaired) electrons. The van der Waals surface area contributed by atoms with Gasteiger partial charge in [-0.3, -0.25) is 9.69 Å². The van der Waals surface area contributed by atoms with E-state index in [1.807, 2.05) is 42.2 Å². The maximum Gasteiger partial charge on any atom is 0.338 e. The van der Waals surface area contributed by atoms with Crippen molar-refractivity contribution in [1.82, 2.24) is 15.5 Å². The molecule has 1 aliphatic rings. The summed E-state index contributed by atoms with van der Waals surface area (Å²) in [5.74, 6) is -0.109. The predicted octanol–water partition coefficient (Wildman–Crippen LogP) is 2.83. The Labute approximate surface area is 199 Å². The average Bonchev–Trinajstić information content (AvgIpc) is 2.84. The van der Waals surface area contributed by atoms with Crippen molar-refractivity contribution < 1.29 is 23.9 Å². The third kappa shape index (κ3) is 6.35. The number of nitrogens with one attached hydrogen (secondary N) is 3. The Hall–Kier alpha value is -3.85. The Morgan fingerprint density at radius 2 is 1.85 bits per heavy atom. The average molecular weight is 467 g/mol. The van der Waals surface area contributed by atoms with Crippen LogP contribution in [0.1, 0.15) is 25.5 Å². The molecule has 180 valence electrons. The van der Waals surface area contributed by atoms with E-state index in [2.05, 4.69) is 16.0 Å². The molecular weight excluding hydrogens is 436 g/mol. The Bertz CT molecular complexity index is 1050. The molecule has 0 spiro atoms. The van der Waals surface area contributed by atoms with Gasteiger partial charge in [-0.2, -0.15) is 0 Å². The number of likely N-dealkylation sites (N-methyl/N-ethyl adjacent to an activating group) is 1. The lowest BCUT2D eigenvalue weighted by Gasteiger charge is -2.31. The van der Waals surface area contributed by atoms with Crippen LogP contribution < -0.4 is 20.7 Å². The van der Waals surface area contributed by atoms with E-state index >= 15 is 0 Å². The van der Waals surface area contributed by atoms with Gasteiger partial charge in [0.1, 0.15) is 5.75 Å². The first kappa shape index (κ1) is 24.8. The van der Waals surface area contributed by atoms with Gasteiger partial charge in [0.05, 0.1) is 31.9 Å². The van der Waals surface area contributed by atoms with Crippen LogP contribution in [0.15, 0.2) is 65.9 Å². The van der Waals surface area contributed by atoms with E-state index in [1.54, 1.807) is 38.3 Å². The number of hydrogen-bond donors (Lipinski definition) is 3. The molecule has 0 saturated heterocycles. The number of urea groups is 1. The maximum absolute atomic E-state index is 12.9. The van der Waals surface area contributed by atoms with E-state index in [1.165, 1.54) is 0 Å². The summed E-state index contributed by atoms with van der Waals surface area (Å²) in [4.78, 5) is 39.9. The monoisotopic (exact) mass is 466 g/mol. The van der Waals surface area contributed by atoms with Gasteiger partial charge in [-0.1, -0.05) is 43.3 Å². The minimum absolute atomic E-state index is 0.0621. The van der Waals surface area contributed by atoms with Crippen LogP contribution in [0.5, 0.6) is 5.75 Å². The summed E-state index contributed by atoms with van der Waals surface area (Å²) < 4.78 is 10.5. The molecule has 2 aromatic rings. The summed E-state index contributed by atoms with van der Waals surface area (Å²) in [6.45, 7) is 4.60. The molecule has 0 saturated carbocycles. The van der Waals surface area contributed by atoms with Gasteiger partial charge in [0.25, 0.3) is 0 Å². The lowest BCUT2D eigenvalue weighted by molar-refractivity contribution is -0.139. The highest BCUT2D eigenvalue weighted by Gasteiger charge is 2.34. The van der Waals surface area contributed by atoms with Gasteiger partial charge in [-0.05, 0) is 31.2 Å². The van der Waals surface area contributed by atoms with Gasteiger partial charge in [0, 0.05) is 24.0 Å². The van der Waals surface area contributed by atoms with Crippen LogP contribution in [0.3, 0.4) is 0 Å². The second kappa shape index (κ2) is 11.9. The van der Waals surface area contributed by atoms with Crippen LogP contribution in [0, 0.1) is 0 Å². The zero-order chi connectivity index (χ0) is 24.5. The second-order valence-electron chi connectivity index (χ2n) is 7.64. The van der Waals surface area contributed by atoms with Crippen LogP contribution in [-0.4, -0.2) is 56.2 Å². The highest BCUT2D eigenvalue weighted by Crippen LogP contribution is 2.28. The molecule has 34 heavy (non-hydrogen) atoms. The van der Waals surface area contributed by atoms with Gasteiger partial charge < -0.3 is 25.4 Å². The van der Waals surface area contributed by atoms with Crippen molar-refractivity contribution in [3.8, 4) is 5.75 Å². The molecular formula is C25H30N4O5. The zero-order valence-electron chi connectivity index (χ0n) is 19.6. The molecule has 2 aromatic carbocycles. The zero-order valence-corrected chi connectivity index (χ0v) is 19.6. The van der Waals surface area contributed by atoms with Gasteiger partial charge in [0.2, 0.25) is 5.91 Å².